The molecule has 1 aromatic carbocycles. The summed E-state index contributed by atoms with van der Waals surface area (Å²) in [4.78, 5) is 7.29. The van der Waals surface area contributed by atoms with E-state index in [1.165, 1.54) is 0 Å². The smallest absolute Gasteiger partial charge is 0.186 e. The molecule has 2 rings (SSSR count). The highest BCUT2D eigenvalue weighted by Crippen LogP contribution is 2.25. The summed E-state index contributed by atoms with van der Waals surface area (Å²) < 4.78 is 0. The van der Waals surface area contributed by atoms with Crippen molar-refractivity contribution in [1.29, 1.82) is 0 Å². The fourth-order valence-electron chi connectivity index (χ4n) is 1.13. The van der Waals surface area contributed by atoms with Crippen LogP contribution in [0.2, 0.25) is 10.0 Å². The summed E-state index contributed by atoms with van der Waals surface area (Å²) in [5.41, 5.74) is 2.63. The van der Waals surface area contributed by atoms with Gasteiger partial charge in [0.1, 0.15) is 0 Å². The summed E-state index contributed by atoms with van der Waals surface area (Å²) in [5.74, 6) is 0. The second-order valence-electron chi connectivity index (χ2n) is 2.61. The highest BCUT2D eigenvalue weighted by Gasteiger charge is 2.03. The molecule has 0 radical (unpaired) electrons. The molecular formula is C7H5BCl2N2. The van der Waals surface area contributed by atoms with Gasteiger partial charge in [0, 0.05) is 0 Å². The second kappa shape index (κ2) is 2.68. The number of rotatable bonds is 0. The number of hydrogen-bond acceptors (Lipinski definition) is 1. The molecule has 60 valence electrons. The van der Waals surface area contributed by atoms with E-state index in [1.807, 2.05) is 7.85 Å². The van der Waals surface area contributed by atoms with Crippen LogP contribution in [0.1, 0.15) is 0 Å². The maximum absolute atomic E-state index is 5.82. The Bertz CT molecular complexity index is 399. The van der Waals surface area contributed by atoms with Gasteiger partial charge in [-0.25, -0.2) is 4.98 Å². The van der Waals surface area contributed by atoms with Crippen molar-refractivity contribution in [2.45, 2.75) is 0 Å². The lowest BCUT2D eigenvalue weighted by molar-refractivity contribution is 1.44. The van der Waals surface area contributed by atoms with Gasteiger partial charge in [-0.3, -0.25) is 0 Å². The van der Waals surface area contributed by atoms with Gasteiger partial charge in [-0.05, 0) is 12.1 Å². The Morgan fingerprint density at radius 3 is 2.67 bits per heavy atom. The molecule has 0 saturated heterocycles. The molecule has 2 nitrogen and oxygen atoms in total. The van der Waals surface area contributed by atoms with Crippen molar-refractivity contribution in [3.8, 4) is 0 Å². The van der Waals surface area contributed by atoms with Gasteiger partial charge < -0.3 is 4.98 Å². The van der Waals surface area contributed by atoms with E-state index in [0.29, 0.717) is 10.0 Å². The largest absolute Gasteiger partial charge is 0.351 e. The number of aromatic nitrogens is 2. The van der Waals surface area contributed by atoms with Gasteiger partial charge >= 0.3 is 0 Å². The number of nitrogens with zero attached hydrogens (tertiary/aromatic N) is 1. The number of aromatic amines is 1. The Hall–Kier alpha value is -0.665. The first-order chi connectivity index (χ1) is 5.66. The minimum Gasteiger partial charge on any atom is -0.351 e. The van der Waals surface area contributed by atoms with E-state index in [1.54, 1.807) is 12.1 Å². The molecule has 1 heterocycles. The summed E-state index contributed by atoms with van der Waals surface area (Å²) in [6, 6.07) is 3.53. The lowest BCUT2D eigenvalue weighted by atomic mass is 10.1. The number of H-pyrrole nitrogens is 1. The highest BCUT2D eigenvalue weighted by molar-refractivity contribution is 6.42. The van der Waals surface area contributed by atoms with Crippen LogP contribution >= 0.6 is 23.2 Å². The molecule has 0 fully saturated rings. The Morgan fingerprint density at radius 2 is 1.92 bits per heavy atom. The quantitative estimate of drug-likeness (QED) is 0.632. The van der Waals surface area contributed by atoms with Gasteiger partial charge in [-0.1, -0.05) is 23.2 Å². The molecule has 0 bridgehead atoms. The summed E-state index contributed by atoms with van der Waals surface area (Å²) in [6.07, 6.45) is 0. The Kier molecular flexibility index (Phi) is 1.78. The van der Waals surface area contributed by atoms with Crippen LogP contribution < -0.4 is 5.72 Å². The average Bonchev–Trinajstić information content (AvgIpc) is 2.30. The standard InChI is InChI=1S/C7H5BCl2N2/c8-7-11-5-1-3(9)4(10)2-6(5)12-7/h1-2H,8H2,(H,11,12). The second-order valence-corrected chi connectivity index (χ2v) is 3.42. The van der Waals surface area contributed by atoms with Gasteiger partial charge in [0.2, 0.25) is 0 Å². The molecule has 0 saturated carbocycles. The Balaban J connectivity index is 2.83. The molecule has 0 unspecified atom stereocenters. The predicted molar refractivity (Wildman–Crippen MR) is 54.3 cm³/mol. The van der Waals surface area contributed by atoms with Gasteiger partial charge in [0.05, 0.1) is 26.8 Å². The van der Waals surface area contributed by atoms with E-state index >= 15 is 0 Å². The summed E-state index contributed by atoms with van der Waals surface area (Å²) in [6.45, 7) is 0. The van der Waals surface area contributed by atoms with Crippen LogP contribution in [0.15, 0.2) is 12.1 Å². The highest BCUT2D eigenvalue weighted by atomic mass is 35.5. The van der Waals surface area contributed by atoms with Crippen LogP contribution in [0.4, 0.5) is 0 Å². The first-order valence-corrected chi connectivity index (χ1v) is 4.24. The van der Waals surface area contributed by atoms with Crippen molar-refractivity contribution in [2.24, 2.45) is 0 Å². The molecule has 0 spiro atoms. The van der Waals surface area contributed by atoms with Crippen LogP contribution in [0.5, 0.6) is 0 Å². The first-order valence-electron chi connectivity index (χ1n) is 3.48. The molecule has 12 heavy (non-hydrogen) atoms. The summed E-state index contributed by atoms with van der Waals surface area (Å²) in [5, 5.41) is 1.09. The van der Waals surface area contributed by atoms with Crippen LogP contribution in [0.3, 0.4) is 0 Å². The monoisotopic (exact) mass is 198 g/mol. The Labute approximate surface area is 80.3 Å². The third kappa shape index (κ3) is 1.19. The van der Waals surface area contributed by atoms with Crippen molar-refractivity contribution in [3.63, 3.8) is 0 Å². The molecule has 0 atom stereocenters. The van der Waals surface area contributed by atoms with Gasteiger partial charge in [-0.15, -0.1) is 0 Å². The molecule has 5 heteroatoms. The maximum atomic E-state index is 5.82. The topological polar surface area (TPSA) is 28.7 Å². The average molecular weight is 199 g/mol. The fraction of sp³-hybridized carbons (Fsp3) is 0. The van der Waals surface area contributed by atoms with Crippen molar-refractivity contribution >= 4 is 47.8 Å². The van der Waals surface area contributed by atoms with Gasteiger partial charge in [0.15, 0.2) is 7.85 Å². The molecule has 1 N–H and O–H groups in total. The minimum absolute atomic E-state index is 0.538. The molecule has 1 aromatic heterocycles. The third-order valence-electron chi connectivity index (χ3n) is 1.64. The number of nitrogens with one attached hydrogen (secondary N) is 1. The van der Waals surface area contributed by atoms with Gasteiger partial charge in [-0.2, -0.15) is 0 Å². The van der Waals surface area contributed by atoms with Crippen LogP contribution in [-0.2, 0) is 0 Å². The van der Waals surface area contributed by atoms with Crippen LogP contribution in [-0.4, -0.2) is 17.8 Å². The Morgan fingerprint density at radius 1 is 1.25 bits per heavy atom. The lowest BCUT2D eigenvalue weighted by Gasteiger charge is -1.93. The van der Waals surface area contributed by atoms with E-state index in [-0.39, 0.29) is 0 Å². The maximum Gasteiger partial charge on any atom is 0.186 e. The zero-order valence-corrected chi connectivity index (χ0v) is 7.87. The normalized spacial score (nSPS) is 10.8. The zero-order chi connectivity index (χ0) is 8.72. The number of imidazole rings is 1. The third-order valence-corrected chi connectivity index (χ3v) is 2.36. The minimum atomic E-state index is 0.538. The SMILES string of the molecule is Bc1nc2cc(Cl)c(Cl)cc2[nH]1. The van der Waals surface area contributed by atoms with E-state index in [4.69, 9.17) is 23.2 Å². The van der Waals surface area contributed by atoms with E-state index in [9.17, 15) is 0 Å². The van der Waals surface area contributed by atoms with E-state index in [0.717, 1.165) is 16.8 Å². The molecule has 0 aliphatic heterocycles. The molecule has 0 amide bonds. The van der Waals surface area contributed by atoms with Crippen LogP contribution in [0.25, 0.3) is 11.0 Å². The first kappa shape index (κ1) is 7.96. The summed E-state index contributed by atoms with van der Waals surface area (Å²) in [7, 11) is 1.89. The number of benzene rings is 1. The van der Waals surface area contributed by atoms with Crippen LogP contribution in [0, 0.1) is 0 Å². The lowest BCUT2D eigenvalue weighted by Crippen LogP contribution is -2.04. The molecule has 0 aliphatic rings. The zero-order valence-electron chi connectivity index (χ0n) is 6.36. The fourth-order valence-corrected chi connectivity index (χ4v) is 1.45. The van der Waals surface area contributed by atoms with E-state index < -0.39 is 0 Å². The van der Waals surface area contributed by atoms with Crippen molar-refractivity contribution in [2.75, 3.05) is 0 Å². The predicted octanol–water partition coefficient (Wildman–Crippen LogP) is 1.13. The van der Waals surface area contributed by atoms with Gasteiger partial charge in [0.25, 0.3) is 0 Å². The van der Waals surface area contributed by atoms with E-state index in [2.05, 4.69) is 9.97 Å². The number of hydrogen-bond donors (Lipinski definition) is 1. The number of halogens is 2. The molecule has 2 aromatic rings. The van der Waals surface area contributed by atoms with Crippen molar-refractivity contribution in [1.82, 2.24) is 9.97 Å². The number of fused-ring (bicyclic) bond motifs is 1. The molecular weight excluding hydrogens is 194 g/mol. The van der Waals surface area contributed by atoms with Crippen molar-refractivity contribution in [3.05, 3.63) is 22.2 Å². The van der Waals surface area contributed by atoms with Crippen molar-refractivity contribution < 1.29 is 0 Å². The summed E-state index contributed by atoms with van der Waals surface area (Å²) >= 11 is 11.6. The molecule has 0 aliphatic carbocycles.